The number of carbonyl (C=O) groups excluding carboxylic acids is 2. The first-order chi connectivity index (χ1) is 7.65. The lowest BCUT2D eigenvalue weighted by molar-refractivity contribution is -0.159. The van der Waals surface area contributed by atoms with E-state index in [9.17, 15) is 9.59 Å². The molecule has 3 nitrogen and oxygen atoms in total. The number of ether oxygens (including phenoxy) is 1. The summed E-state index contributed by atoms with van der Waals surface area (Å²) in [7, 11) is 0. The Kier molecular flexibility index (Phi) is 2.86. The van der Waals surface area contributed by atoms with Crippen LogP contribution in [0.25, 0.3) is 6.08 Å². The number of cyclic esters (lactones) is 2. The van der Waals surface area contributed by atoms with Gasteiger partial charge in [0.15, 0.2) is 0 Å². The molecule has 0 radical (unpaired) electrons. The minimum absolute atomic E-state index is 0.281. The highest BCUT2D eigenvalue weighted by molar-refractivity contribution is 6.02. The van der Waals surface area contributed by atoms with Crippen molar-refractivity contribution in [2.75, 3.05) is 0 Å². The van der Waals surface area contributed by atoms with Gasteiger partial charge < -0.3 is 4.74 Å². The Labute approximate surface area is 93.7 Å². The van der Waals surface area contributed by atoms with Crippen molar-refractivity contribution < 1.29 is 14.3 Å². The quantitative estimate of drug-likeness (QED) is 0.411. The highest BCUT2D eigenvalue weighted by atomic mass is 16.6. The molecular weight excluding hydrogens is 204 g/mol. The maximum absolute atomic E-state index is 11.4. The van der Waals surface area contributed by atoms with Gasteiger partial charge >= 0.3 is 11.9 Å². The van der Waals surface area contributed by atoms with Crippen molar-refractivity contribution in [1.82, 2.24) is 0 Å². The molecule has 1 aromatic rings. The van der Waals surface area contributed by atoms with E-state index in [1.165, 1.54) is 5.56 Å². The van der Waals surface area contributed by atoms with Crippen LogP contribution >= 0.6 is 0 Å². The van der Waals surface area contributed by atoms with Crippen LogP contribution < -0.4 is 0 Å². The fourth-order valence-corrected chi connectivity index (χ4v) is 1.55. The van der Waals surface area contributed by atoms with Crippen LogP contribution in [-0.4, -0.2) is 11.9 Å². The SMILES string of the molecule is Cc1ccc(/C=C2\CCC(=O)OC2=O)cc1. The molecule has 1 fully saturated rings. The van der Waals surface area contributed by atoms with E-state index in [0.29, 0.717) is 12.0 Å². The van der Waals surface area contributed by atoms with Crippen molar-refractivity contribution in [1.29, 1.82) is 0 Å². The van der Waals surface area contributed by atoms with Crippen LogP contribution in [-0.2, 0) is 14.3 Å². The van der Waals surface area contributed by atoms with E-state index in [0.717, 1.165) is 5.56 Å². The first kappa shape index (κ1) is 10.6. The zero-order valence-corrected chi connectivity index (χ0v) is 9.03. The Morgan fingerprint density at radius 2 is 1.81 bits per heavy atom. The number of aryl methyl sites for hydroxylation is 1. The Morgan fingerprint density at radius 3 is 2.44 bits per heavy atom. The molecule has 1 aromatic carbocycles. The minimum Gasteiger partial charge on any atom is -0.390 e. The van der Waals surface area contributed by atoms with Gasteiger partial charge in [-0.25, -0.2) is 4.79 Å². The molecule has 3 heteroatoms. The molecule has 0 saturated carbocycles. The van der Waals surface area contributed by atoms with Crippen molar-refractivity contribution in [2.24, 2.45) is 0 Å². The van der Waals surface area contributed by atoms with E-state index in [1.807, 2.05) is 31.2 Å². The van der Waals surface area contributed by atoms with Crippen LogP contribution in [0.2, 0.25) is 0 Å². The van der Waals surface area contributed by atoms with Crippen LogP contribution in [0.4, 0.5) is 0 Å². The van der Waals surface area contributed by atoms with Crippen molar-refractivity contribution in [2.45, 2.75) is 19.8 Å². The van der Waals surface area contributed by atoms with E-state index in [1.54, 1.807) is 6.08 Å². The summed E-state index contributed by atoms with van der Waals surface area (Å²) in [6.07, 6.45) is 2.52. The zero-order chi connectivity index (χ0) is 11.5. The number of esters is 2. The molecule has 0 aliphatic carbocycles. The standard InChI is InChI=1S/C13H12O3/c1-9-2-4-10(5-3-9)8-11-6-7-12(14)16-13(11)15/h2-5,8H,6-7H2,1H3/b11-8+. The Bertz CT molecular complexity index is 455. The summed E-state index contributed by atoms with van der Waals surface area (Å²) in [5.74, 6) is -0.956. The third-order valence-corrected chi connectivity index (χ3v) is 2.49. The maximum Gasteiger partial charge on any atom is 0.341 e. The summed E-state index contributed by atoms with van der Waals surface area (Å²) in [5.41, 5.74) is 2.68. The normalized spacial score (nSPS) is 18.7. The predicted molar refractivity (Wildman–Crippen MR) is 59.5 cm³/mol. The monoisotopic (exact) mass is 216 g/mol. The van der Waals surface area contributed by atoms with Crippen LogP contribution in [0.5, 0.6) is 0 Å². The molecule has 0 spiro atoms. The predicted octanol–water partition coefficient (Wildman–Crippen LogP) is 2.24. The summed E-state index contributed by atoms with van der Waals surface area (Å²) < 4.78 is 4.55. The van der Waals surface area contributed by atoms with Crippen molar-refractivity contribution in [3.05, 3.63) is 41.0 Å². The average molecular weight is 216 g/mol. The van der Waals surface area contributed by atoms with Gasteiger partial charge in [-0.3, -0.25) is 4.79 Å². The van der Waals surface area contributed by atoms with Crippen LogP contribution in [0.3, 0.4) is 0 Å². The summed E-state index contributed by atoms with van der Waals surface area (Å²) in [5, 5.41) is 0. The molecule has 0 N–H and O–H groups in total. The largest absolute Gasteiger partial charge is 0.390 e. The summed E-state index contributed by atoms with van der Waals surface area (Å²) in [4.78, 5) is 22.2. The molecule has 0 atom stereocenters. The van der Waals surface area contributed by atoms with E-state index in [2.05, 4.69) is 4.74 Å². The molecule has 0 bridgehead atoms. The Balaban J connectivity index is 2.21. The number of carbonyl (C=O) groups is 2. The van der Waals surface area contributed by atoms with Gasteiger partial charge in [0.1, 0.15) is 0 Å². The van der Waals surface area contributed by atoms with Gasteiger partial charge in [-0.05, 0) is 25.0 Å². The fraction of sp³-hybridized carbons (Fsp3) is 0.231. The van der Waals surface area contributed by atoms with Gasteiger partial charge in [-0.15, -0.1) is 0 Å². The minimum atomic E-state index is -0.517. The van der Waals surface area contributed by atoms with E-state index in [4.69, 9.17) is 0 Å². The highest BCUT2D eigenvalue weighted by Gasteiger charge is 2.22. The van der Waals surface area contributed by atoms with Crippen molar-refractivity contribution >= 4 is 18.0 Å². The van der Waals surface area contributed by atoms with E-state index < -0.39 is 11.9 Å². The molecule has 1 heterocycles. The molecule has 2 rings (SSSR count). The molecule has 0 unspecified atom stereocenters. The number of hydrogen-bond acceptors (Lipinski definition) is 3. The second kappa shape index (κ2) is 4.31. The Morgan fingerprint density at radius 1 is 1.12 bits per heavy atom. The average Bonchev–Trinajstić information content (AvgIpc) is 2.25. The smallest absolute Gasteiger partial charge is 0.341 e. The molecule has 1 aliphatic heterocycles. The Hall–Kier alpha value is -1.90. The van der Waals surface area contributed by atoms with Crippen LogP contribution in [0, 0.1) is 6.92 Å². The summed E-state index contributed by atoms with van der Waals surface area (Å²) in [6.45, 7) is 2.00. The second-order valence-corrected chi connectivity index (χ2v) is 3.84. The van der Waals surface area contributed by atoms with Gasteiger partial charge in [-0.2, -0.15) is 0 Å². The summed E-state index contributed by atoms with van der Waals surface area (Å²) >= 11 is 0. The zero-order valence-electron chi connectivity index (χ0n) is 9.03. The van der Waals surface area contributed by atoms with Gasteiger partial charge in [0, 0.05) is 5.57 Å². The molecule has 0 aromatic heterocycles. The van der Waals surface area contributed by atoms with Crippen molar-refractivity contribution in [3.8, 4) is 0 Å². The topological polar surface area (TPSA) is 43.4 Å². The third kappa shape index (κ3) is 2.37. The second-order valence-electron chi connectivity index (χ2n) is 3.84. The molecule has 1 aliphatic rings. The molecular formula is C13H12O3. The highest BCUT2D eigenvalue weighted by Crippen LogP contribution is 2.18. The number of hydrogen-bond donors (Lipinski definition) is 0. The molecule has 82 valence electrons. The van der Waals surface area contributed by atoms with Gasteiger partial charge in [0.25, 0.3) is 0 Å². The lowest BCUT2D eigenvalue weighted by Gasteiger charge is -2.11. The first-order valence-corrected chi connectivity index (χ1v) is 5.17. The maximum atomic E-state index is 11.4. The van der Waals surface area contributed by atoms with Crippen LogP contribution in [0.1, 0.15) is 24.0 Å². The molecule has 0 amide bonds. The third-order valence-electron chi connectivity index (χ3n) is 2.49. The van der Waals surface area contributed by atoms with E-state index >= 15 is 0 Å². The molecule has 1 saturated heterocycles. The van der Waals surface area contributed by atoms with Gasteiger partial charge in [0.2, 0.25) is 0 Å². The van der Waals surface area contributed by atoms with Crippen LogP contribution in [0.15, 0.2) is 29.8 Å². The van der Waals surface area contributed by atoms with E-state index in [-0.39, 0.29) is 6.42 Å². The lowest BCUT2D eigenvalue weighted by Crippen LogP contribution is -2.20. The number of benzene rings is 1. The van der Waals surface area contributed by atoms with Gasteiger partial charge in [0.05, 0.1) is 6.42 Å². The van der Waals surface area contributed by atoms with Crippen molar-refractivity contribution in [3.63, 3.8) is 0 Å². The first-order valence-electron chi connectivity index (χ1n) is 5.17. The number of rotatable bonds is 1. The summed E-state index contributed by atoms with van der Waals surface area (Å²) in [6, 6.07) is 7.83. The van der Waals surface area contributed by atoms with Gasteiger partial charge in [-0.1, -0.05) is 29.8 Å². The lowest BCUT2D eigenvalue weighted by atomic mass is 10.0. The fourth-order valence-electron chi connectivity index (χ4n) is 1.55. The molecule has 16 heavy (non-hydrogen) atoms.